The normalized spacial score (nSPS) is 14.4. The average Bonchev–Trinajstić information content (AvgIpc) is 2.66. The number of nitrogens with zero attached hydrogens (tertiary/aromatic N) is 7. The van der Waals surface area contributed by atoms with Gasteiger partial charge in [-0.25, -0.2) is 4.98 Å². The number of hydrogen-bond donors (Lipinski definition) is 0. The highest BCUT2D eigenvalue weighted by Gasteiger charge is 2.21. The van der Waals surface area contributed by atoms with Gasteiger partial charge in [-0.3, -0.25) is 9.69 Å². The number of piperazine rings is 1. The molecule has 0 unspecified atom stereocenters. The van der Waals surface area contributed by atoms with Gasteiger partial charge in [0.2, 0.25) is 17.7 Å². The van der Waals surface area contributed by atoms with Crippen molar-refractivity contribution in [1.82, 2.24) is 19.8 Å². The Bertz CT molecular complexity index is 643. The van der Waals surface area contributed by atoms with Crippen molar-refractivity contribution in [2.45, 2.75) is 6.42 Å². The van der Waals surface area contributed by atoms with Gasteiger partial charge in [-0.05, 0) is 0 Å². The predicted molar refractivity (Wildman–Crippen MR) is 89.7 cm³/mol. The number of nitriles is 2. The minimum atomic E-state index is -0.165. The maximum Gasteiger partial charge on any atom is 0.228 e. The molecule has 0 N–H and O–H groups in total. The number of carbonyl (C=O) groups excluding carboxylic acids is 1. The van der Waals surface area contributed by atoms with Gasteiger partial charge >= 0.3 is 0 Å². The molecule has 0 atom stereocenters. The van der Waals surface area contributed by atoms with Crippen LogP contribution in [0.1, 0.15) is 6.42 Å². The summed E-state index contributed by atoms with van der Waals surface area (Å²) in [6.45, 7) is 3.64. The fourth-order valence-corrected chi connectivity index (χ4v) is 2.58. The van der Waals surface area contributed by atoms with E-state index in [0.717, 1.165) is 26.2 Å². The predicted octanol–water partition coefficient (Wildman–Crippen LogP) is -0.127. The van der Waals surface area contributed by atoms with Gasteiger partial charge < -0.3 is 14.5 Å². The van der Waals surface area contributed by atoms with E-state index in [9.17, 15) is 4.79 Å². The van der Waals surface area contributed by atoms with E-state index < -0.39 is 0 Å². The van der Waals surface area contributed by atoms with E-state index in [4.69, 9.17) is 15.3 Å². The molecule has 2 rings (SSSR count). The number of ether oxygens (including phenoxy) is 1. The zero-order chi connectivity index (χ0) is 18.1. The largest absolute Gasteiger partial charge is 0.481 e. The Morgan fingerprint density at radius 3 is 2.56 bits per heavy atom. The summed E-state index contributed by atoms with van der Waals surface area (Å²) in [5, 5.41) is 17.4. The van der Waals surface area contributed by atoms with E-state index >= 15 is 0 Å². The lowest BCUT2D eigenvalue weighted by atomic mass is 10.2. The van der Waals surface area contributed by atoms with E-state index in [0.29, 0.717) is 24.8 Å². The Kier molecular flexibility index (Phi) is 6.93. The number of amides is 1. The molecule has 9 heteroatoms. The van der Waals surface area contributed by atoms with Gasteiger partial charge in [0.05, 0.1) is 19.2 Å². The van der Waals surface area contributed by atoms with Crippen molar-refractivity contribution >= 4 is 11.9 Å². The number of hydrogen-bond acceptors (Lipinski definition) is 8. The third-order valence-corrected chi connectivity index (χ3v) is 4.00. The third kappa shape index (κ3) is 5.30. The van der Waals surface area contributed by atoms with Gasteiger partial charge in [0.1, 0.15) is 13.1 Å². The molecule has 1 aromatic rings. The molecule has 0 radical (unpaired) electrons. The van der Waals surface area contributed by atoms with E-state index in [1.165, 1.54) is 4.90 Å². The summed E-state index contributed by atoms with van der Waals surface area (Å²) < 4.78 is 5.12. The molecule has 0 aliphatic carbocycles. The molecule has 1 aliphatic rings. The summed E-state index contributed by atoms with van der Waals surface area (Å²) in [4.78, 5) is 26.2. The van der Waals surface area contributed by atoms with E-state index in [1.54, 1.807) is 19.4 Å². The van der Waals surface area contributed by atoms with Crippen LogP contribution in [0.3, 0.4) is 0 Å². The maximum atomic E-state index is 12.1. The zero-order valence-corrected chi connectivity index (χ0v) is 14.3. The lowest BCUT2D eigenvalue weighted by Crippen LogP contribution is -2.48. The highest BCUT2D eigenvalue weighted by Crippen LogP contribution is 2.14. The first kappa shape index (κ1) is 18.4. The fraction of sp³-hybridized carbons (Fsp3) is 0.562. The Morgan fingerprint density at radius 1 is 1.28 bits per heavy atom. The summed E-state index contributed by atoms with van der Waals surface area (Å²) in [5.41, 5.74) is 0. The molecule has 1 amide bonds. The van der Waals surface area contributed by atoms with Gasteiger partial charge in [-0.2, -0.15) is 15.5 Å². The van der Waals surface area contributed by atoms with Gasteiger partial charge in [0, 0.05) is 51.4 Å². The van der Waals surface area contributed by atoms with Gasteiger partial charge in [0.25, 0.3) is 0 Å². The van der Waals surface area contributed by atoms with Gasteiger partial charge in [-0.1, -0.05) is 0 Å². The molecule has 1 aromatic heterocycles. The zero-order valence-electron chi connectivity index (χ0n) is 14.3. The summed E-state index contributed by atoms with van der Waals surface area (Å²) in [6.07, 6.45) is 1.98. The summed E-state index contributed by atoms with van der Waals surface area (Å²) in [7, 11) is 1.57. The lowest BCUT2D eigenvalue weighted by molar-refractivity contribution is -0.130. The first-order valence-corrected chi connectivity index (χ1v) is 8.04. The number of carbonyl (C=O) groups is 1. The molecular weight excluding hydrogens is 322 g/mol. The van der Waals surface area contributed by atoms with Crippen molar-refractivity contribution in [3.63, 3.8) is 0 Å². The Labute approximate surface area is 147 Å². The number of methoxy groups -OCH3 is 1. The monoisotopic (exact) mass is 343 g/mol. The first-order valence-electron chi connectivity index (χ1n) is 8.04. The molecule has 1 aliphatic heterocycles. The van der Waals surface area contributed by atoms with Crippen LogP contribution < -0.4 is 9.64 Å². The molecule has 25 heavy (non-hydrogen) atoms. The molecule has 132 valence electrons. The van der Waals surface area contributed by atoms with Crippen LogP contribution in [0, 0.1) is 22.7 Å². The van der Waals surface area contributed by atoms with Crippen LogP contribution >= 0.6 is 0 Å². The second-order valence-corrected chi connectivity index (χ2v) is 5.54. The van der Waals surface area contributed by atoms with Crippen LogP contribution in [0.4, 0.5) is 5.95 Å². The molecule has 1 saturated heterocycles. The van der Waals surface area contributed by atoms with Crippen LogP contribution in [-0.4, -0.2) is 78.6 Å². The second-order valence-electron chi connectivity index (χ2n) is 5.54. The van der Waals surface area contributed by atoms with Crippen LogP contribution in [-0.2, 0) is 4.79 Å². The molecule has 9 nitrogen and oxygen atoms in total. The quantitative estimate of drug-likeness (QED) is 0.630. The third-order valence-electron chi connectivity index (χ3n) is 4.00. The molecule has 0 bridgehead atoms. The number of anilines is 1. The van der Waals surface area contributed by atoms with Crippen molar-refractivity contribution in [3.8, 4) is 18.0 Å². The minimum absolute atomic E-state index is 0.0483. The lowest BCUT2D eigenvalue weighted by Gasteiger charge is -2.34. The smallest absolute Gasteiger partial charge is 0.228 e. The van der Waals surface area contributed by atoms with Crippen LogP contribution in [0.2, 0.25) is 0 Å². The standard InChI is InChI=1S/C16H21N7O2/c1-25-14-2-6-19-16(20-14)23-12-10-21(11-13-23)7-3-15(24)22(8-4-17)9-5-18/h2,6H,3,7-13H2,1H3. The number of aromatic nitrogens is 2. The summed E-state index contributed by atoms with van der Waals surface area (Å²) in [6, 6.07) is 5.54. The van der Waals surface area contributed by atoms with E-state index in [-0.39, 0.29) is 19.0 Å². The average molecular weight is 343 g/mol. The van der Waals surface area contributed by atoms with Crippen molar-refractivity contribution in [2.24, 2.45) is 0 Å². The first-order chi connectivity index (χ1) is 12.2. The Balaban J connectivity index is 1.79. The van der Waals surface area contributed by atoms with Crippen molar-refractivity contribution < 1.29 is 9.53 Å². The van der Waals surface area contributed by atoms with Crippen LogP contribution in [0.25, 0.3) is 0 Å². The van der Waals surface area contributed by atoms with Crippen LogP contribution in [0.5, 0.6) is 5.88 Å². The maximum absolute atomic E-state index is 12.1. The molecule has 0 aromatic carbocycles. The Hall–Kier alpha value is -2.91. The topological polar surface area (TPSA) is 109 Å². The fourth-order valence-electron chi connectivity index (χ4n) is 2.58. The molecule has 2 heterocycles. The minimum Gasteiger partial charge on any atom is -0.481 e. The van der Waals surface area contributed by atoms with E-state index in [2.05, 4.69) is 19.8 Å². The molecule has 1 fully saturated rings. The molecule has 0 saturated carbocycles. The number of rotatable bonds is 7. The van der Waals surface area contributed by atoms with Crippen molar-refractivity contribution in [3.05, 3.63) is 12.3 Å². The van der Waals surface area contributed by atoms with Gasteiger partial charge in [-0.15, -0.1) is 0 Å². The highest BCUT2D eigenvalue weighted by molar-refractivity contribution is 5.76. The van der Waals surface area contributed by atoms with Crippen molar-refractivity contribution in [1.29, 1.82) is 10.5 Å². The van der Waals surface area contributed by atoms with E-state index in [1.807, 2.05) is 12.1 Å². The summed E-state index contributed by atoms with van der Waals surface area (Å²) >= 11 is 0. The SMILES string of the molecule is COc1ccnc(N2CCN(CCC(=O)N(CC#N)CC#N)CC2)n1. The second kappa shape index (κ2) is 9.40. The van der Waals surface area contributed by atoms with Crippen molar-refractivity contribution in [2.75, 3.05) is 57.8 Å². The molecular formula is C16H21N7O2. The summed E-state index contributed by atoms with van der Waals surface area (Å²) in [5.74, 6) is 1.01. The highest BCUT2D eigenvalue weighted by atomic mass is 16.5. The molecule has 0 spiro atoms. The Morgan fingerprint density at radius 2 is 1.96 bits per heavy atom. The van der Waals surface area contributed by atoms with Crippen LogP contribution in [0.15, 0.2) is 12.3 Å². The van der Waals surface area contributed by atoms with Gasteiger partial charge in [0.15, 0.2) is 0 Å².